The van der Waals surface area contributed by atoms with Gasteiger partial charge in [-0.2, -0.15) is 0 Å². The zero-order valence-corrected chi connectivity index (χ0v) is 16.7. The summed E-state index contributed by atoms with van der Waals surface area (Å²) in [4.78, 5) is 37.1. The minimum absolute atomic E-state index is 0.141. The number of ether oxygens (including phenoxy) is 4. The number of hydrogen-bond acceptors (Lipinski definition) is 7. The first-order chi connectivity index (χ1) is 12.9. The largest absolute Gasteiger partial charge is 0.465 e. The van der Waals surface area contributed by atoms with Crippen molar-refractivity contribution < 1.29 is 33.3 Å². The summed E-state index contributed by atoms with van der Waals surface area (Å²) in [6, 6.07) is 0. The molecule has 27 heavy (non-hydrogen) atoms. The number of hydrogen-bond donors (Lipinski definition) is 0. The number of carbonyl (C=O) groups excluding carboxylic acids is 3. The molecule has 0 aromatic heterocycles. The predicted molar refractivity (Wildman–Crippen MR) is 96.6 cm³/mol. The average molecular weight is 384 g/mol. The van der Waals surface area contributed by atoms with E-state index in [9.17, 15) is 14.4 Å². The fraction of sp³-hybridized carbons (Fsp3) is 0.850. The minimum atomic E-state index is -1.66. The van der Waals surface area contributed by atoms with Gasteiger partial charge in [-0.05, 0) is 51.9 Å². The second kappa shape index (κ2) is 9.64. The third-order valence-electron chi connectivity index (χ3n) is 5.79. The maximum atomic E-state index is 12.9. The zero-order valence-electron chi connectivity index (χ0n) is 16.7. The Morgan fingerprint density at radius 1 is 1.07 bits per heavy atom. The monoisotopic (exact) mass is 384 g/mol. The molecule has 0 aromatic carbocycles. The van der Waals surface area contributed by atoms with Crippen molar-refractivity contribution >= 4 is 18.2 Å². The Morgan fingerprint density at radius 3 is 2.07 bits per heavy atom. The van der Waals surface area contributed by atoms with Crippen LogP contribution < -0.4 is 0 Å². The molecule has 0 radical (unpaired) electrons. The first kappa shape index (κ1) is 21.8. The van der Waals surface area contributed by atoms with Gasteiger partial charge in [-0.1, -0.05) is 19.3 Å². The van der Waals surface area contributed by atoms with E-state index >= 15 is 0 Å². The normalized spacial score (nSPS) is 24.6. The first-order valence-electron chi connectivity index (χ1n) is 10.0. The molecule has 1 aliphatic carbocycles. The van der Waals surface area contributed by atoms with Crippen LogP contribution in [0, 0.1) is 10.8 Å². The van der Waals surface area contributed by atoms with Gasteiger partial charge in [0.25, 0.3) is 0 Å². The molecule has 0 bridgehead atoms. The lowest BCUT2D eigenvalue weighted by atomic mass is 9.66. The molecule has 1 saturated heterocycles. The standard InChI is InChI=1S/C20H32O7/c1-4-24-16(22)20(17(23)25-5-2,18-26-15(3)27-18)12-11-19(13-14-21)9-7-6-8-10-19/h14-15,18H,4-13H2,1-3H3. The molecule has 0 aromatic rings. The van der Waals surface area contributed by atoms with E-state index in [2.05, 4.69) is 0 Å². The third kappa shape index (κ3) is 4.69. The van der Waals surface area contributed by atoms with Gasteiger partial charge in [0, 0.05) is 6.42 Å². The maximum Gasteiger partial charge on any atom is 0.328 e. The number of rotatable bonds is 10. The highest BCUT2D eigenvalue weighted by Gasteiger charge is 2.61. The SMILES string of the molecule is CCOC(=O)C(CCC1(CC=O)CCCCC1)(C(=O)OCC)C1OC(C)O1. The Balaban J connectivity index is 2.30. The topological polar surface area (TPSA) is 88.1 Å². The van der Waals surface area contributed by atoms with Crippen LogP contribution in [-0.2, 0) is 33.3 Å². The van der Waals surface area contributed by atoms with Gasteiger partial charge in [0.2, 0.25) is 5.41 Å². The molecule has 2 fully saturated rings. The maximum absolute atomic E-state index is 12.9. The van der Waals surface area contributed by atoms with Crippen LogP contribution >= 0.6 is 0 Å². The molecule has 7 heteroatoms. The summed E-state index contributed by atoms with van der Waals surface area (Å²) in [5.74, 6) is -1.37. The Bertz CT molecular complexity index is 500. The Hall–Kier alpha value is -1.47. The summed E-state index contributed by atoms with van der Waals surface area (Å²) in [6.07, 6.45) is 5.65. The van der Waals surface area contributed by atoms with Crippen molar-refractivity contribution in [2.45, 2.75) is 84.7 Å². The average Bonchev–Trinajstić information content (AvgIpc) is 2.62. The van der Waals surface area contributed by atoms with E-state index in [1.54, 1.807) is 20.8 Å². The summed E-state index contributed by atoms with van der Waals surface area (Å²) in [7, 11) is 0. The van der Waals surface area contributed by atoms with Crippen molar-refractivity contribution in [3.63, 3.8) is 0 Å². The Morgan fingerprint density at radius 2 is 1.63 bits per heavy atom. The summed E-state index contributed by atoms with van der Waals surface area (Å²) in [6.45, 7) is 5.36. The fourth-order valence-electron chi connectivity index (χ4n) is 4.21. The van der Waals surface area contributed by atoms with Crippen molar-refractivity contribution in [2.75, 3.05) is 13.2 Å². The Labute approximate surface area is 161 Å². The molecule has 1 heterocycles. The molecule has 7 nitrogen and oxygen atoms in total. The summed E-state index contributed by atoms with van der Waals surface area (Å²) in [5.41, 5.74) is -1.86. The van der Waals surface area contributed by atoms with Gasteiger partial charge in [-0.25, -0.2) is 0 Å². The van der Waals surface area contributed by atoms with Gasteiger partial charge >= 0.3 is 11.9 Å². The van der Waals surface area contributed by atoms with Crippen molar-refractivity contribution in [1.29, 1.82) is 0 Å². The molecule has 2 aliphatic rings. The lowest BCUT2D eigenvalue weighted by Gasteiger charge is -2.45. The van der Waals surface area contributed by atoms with Crippen LogP contribution in [0.5, 0.6) is 0 Å². The van der Waals surface area contributed by atoms with Crippen molar-refractivity contribution in [3.8, 4) is 0 Å². The highest BCUT2D eigenvalue weighted by molar-refractivity contribution is 6.00. The lowest BCUT2D eigenvalue weighted by molar-refractivity contribution is -0.403. The van der Waals surface area contributed by atoms with Crippen LogP contribution in [0.2, 0.25) is 0 Å². The van der Waals surface area contributed by atoms with Crippen molar-refractivity contribution in [2.24, 2.45) is 10.8 Å². The molecule has 1 aliphatic heterocycles. The summed E-state index contributed by atoms with van der Waals surface area (Å²) in [5, 5.41) is 0. The van der Waals surface area contributed by atoms with Gasteiger partial charge in [0.1, 0.15) is 6.29 Å². The number of esters is 2. The highest BCUT2D eigenvalue weighted by Crippen LogP contribution is 2.48. The highest BCUT2D eigenvalue weighted by atomic mass is 16.9. The molecule has 0 unspecified atom stereocenters. The van der Waals surface area contributed by atoms with E-state index in [4.69, 9.17) is 18.9 Å². The molecule has 0 N–H and O–H groups in total. The van der Waals surface area contributed by atoms with Crippen LogP contribution in [0.25, 0.3) is 0 Å². The zero-order chi connectivity index (χ0) is 19.9. The van der Waals surface area contributed by atoms with Crippen LogP contribution in [0.4, 0.5) is 0 Å². The lowest BCUT2D eigenvalue weighted by Crippen LogP contribution is -2.59. The van der Waals surface area contributed by atoms with Crippen molar-refractivity contribution in [3.05, 3.63) is 0 Å². The molecule has 0 spiro atoms. The van der Waals surface area contributed by atoms with Crippen LogP contribution in [0.3, 0.4) is 0 Å². The van der Waals surface area contributed by atoms with E-state index in [0.29, 0.717) is 12.8 Å². The van der Waals surface area contributed by atoms with E-state index in [1.165, 1.54) is 0 Å². The smallest absolute Gasteiger partial charge is 0.328 e. The summed E-state index contributed by atoms with van der Waals surface area (Å²) < 4.78 is 21.6. The van der Waals surface area contributed by atoms with Crippen LogP contribution in [0.15, 0.2) is 0 Å². The second-order valence-corrected chi connectivity index (χ2v) is 7.52. The quantitative estimate of drug-likeness (QED) is 0.325. The fourth-order valence-corrected chi connectivity index (χ4v) is 4.21. The van der Waals surface area contributed by atoms with Crippen LogP contribution in [0.1, 0.15) is 72.1 Å². The van der Waals surface area contributed by atoms with Gasteiger partial charge < -0.3 is 23.7 Å². The molecule has 1 saturated carbocycles. The van der Waals surface area contributed by atoms with E-state index in [1.807, 2.05) is 0 Å². The molecule has 154 valence electrons. The molecular weight excluding hydrogens is 352 g/mol. The third-order valence-corrected chi connectivity index (χ3v) is 5.79. The number of carbonyl (C=O) groups is 3. The van der Waals surface area contributed by atoms with Gasteiger partial charge in [-0.3, -0.25) is 9.59 Å². The van der Waals surface area contributed by atoms with Crippen molar-refractivity contribution in [1.82, 2.24) is 0 Å². The van der Waals surface area contributed by atoms with Gasteiger partial charge in [0.15, 0.2) is 12.6 Å². The molecule has 0 amide bonds. The second-order valence-electron chi connectivity index (χ2n) is 7.52. The molecule has 2 rings (SSSR count). The minimum Gasteiger partial charge on any atom is -0.465 e. The van der Waals surface area contributed by atoms with E-state index in [0.717, 1.165) is 38.4 Å². The van der Waals surface area contributed by atoms with Gasteiger partial charge in [-0.15, -0.1) is 0 Å². The van der Waals surface area contributed by atoms with Gasteiger partial charge in [0.05, 0.1) is 13.2 Å². The van der Waals surface area contributed by atoms with E-state index in [-0.39, 0.29) is 25.0 Å². The first-order valence-corrected chi connectivity index (χ1v) is 10.0. The van der Waals surface area contributed by atoms with Crippen LogP contribution in [-0.4, -0.2) is 44.0 Å². The predicted octanol–water partition coefficient (Wildman–Crippen LogP) is 3.14. The molecular formula is C20H32O7. The number of aldehydes is 1. The van der Waals surface area contributed by atoms with E-state index < -0.39 is 29.9 Å². The Kier molecular flexibility index (Phi) is 7.79. The summed E-state index contributed by atoms with van der Waals surface area (Å²) >= 11 is 0. The molecule has 0 atom stereocenters.